The Balaban J connectivity index is 0.000001000. The van der Waals surface area contributed by atoms with E-state index in [4.69, 9.17) is 0 Å². The van der Waals surface area contributed by atoms with Crippen LogP contribution in [0.4, 0.5) is 0 Å². The molecule has 0 amide bonds. The molecule has 0 saturated carbocycles. The molecule has 0 aromatic heterocycles. The van der Waals surface area contributed by atoms with Gasteiger partial charge in [0.15, 0.2) is 0 Å². The van der Waals surface area contributed by atoms with Gasteiger partial charge in [-0.25, -0.2) is 0 Å². The topological polar surface area (TPSA) is 20.2 Å². The number of hydrogen-bond acceptors (Lipinski definition) is 1. The Kier molecular flexibility index (Phi) is 3.65. The molecular formula is C9H12AlO. The highest BCUT2D eigenvalue weighted by Crippen LogP contribution is 2.21. The highest BCUT2D eigenvalue weighted by Gasteiger charge is 1.98. The Morgan fingerprint density at radius 1 is 1.00 bits per heavy atom. The lowest BCUT2D eigenvalue weighted by Crippen LogP contribution is -1.81. The molecule has 0 spiro atoms. The van der Waals surface area contributed by atoms with Gasteiger partial charge in [0.25, 0.3) is 0 Å². The SMILES string of the molecule is Cc1cc(C)c(O)c(C)c1.[Al]. The van der Waals surface area contributed by atoms with Gasteiger partial charge >= 0.3 is 0 Å². The summed E-state index contributed by atoms with van der Waals surface area (Å²) in [5.41, 5.74) is 3.11. The number of aryl methyl sites for hydroxylation is 3. The first-order valence-electron chi connectivity index (χ1n) is 3.38. The second-order valence-corrected chi connectivity index (χ2v) is 2.75. The van der Waals surface area contributed by atoms with Gasteiger partial charge in [-0.2, -0.15) is 0 Å². The van der Waals surface area contributed by atoms with Crippen molar-refractivity contribution in [1.82, 2.24) is 0 Å². The molecule has 0 fully saturated rings. The van der Waals surface area contributed by atoms with Crippen molar-refractivity contribution in [2.45, 2.75) is 20.8 Å². The fraction of sp³-hybridized carbons (Fsp3) is 0.333. The van der Waals surface area contributed by atoms with Crippen LogP contribution in [0, 0.1) is 20.8 Å². The summed E-state index contributed by atoms with van der Waals surface area (Å²) in [6, 6.07) is 3.95. The van der Waals surface area contributed by atoms with Gasteiger partial charge in [-0.05, 0) is 31.9 Å². The first kappa shape index (κ1) is 10.6. The quantitative estimate of drug-likeness (QED) is 0.579. The van der Waals surface area contributed by atoms with E-state index in [0.717, 1.165) is 11.1 Å². The van der Waals surface area contributed by atoms with Crippen LogP contribution in [0.5, 0.6) is 5.75 Å². The Morgan fingerprint density at radius 3 is 1.73 bits per heavy atom. The number of aromatic hydroxyl groups is 1. The van der Waals surface area contributed by atoms with E-state index in [9.17, 15) is 5.11 Å². The molecule has 1 aromatic rings. The lowest BCUT2D eigenvalue weighted by Gasteiger charge is -2.03. The van der Waals surface area contributed by atoms with Gasteiger partial charge in [-0.15, -0.1) is 0 Å². The number of hydrogen-bond donors (Lipinski definition) is 1. The van der Waals surface area contributed by atoms with E-state index in [0.29, 0.717) is 5.75 Å². The smallest absolute Gasteiger partial charge is 0.121 e. The van der Waals surface area contributed by atoms with Crippen molar-refractivity contribution in [2.24, 2.45) is 0 Å². The lowest BCUT2D eigenvalue weighted by molar-refractivity contribution is 0.466. The molecule has 0 aliphatic rings. The van der Waals surface area contributed by atoms with Crippen LogP contribution in [-0.4, -0.2) is 22.5 Å². The minimum absolute atomic E-state index is 0. The number of phenolic OH excluding ortho intramolecular Hbond substituents is 1. The number of phenols is 1. The summed E-state index contributed by atoms with van der Waals surface area (Å²) in [7, 11) is 0. The van der Waals surface area contributed by atoms with Crippen molar-refractivity contribution in [3.05, 3.63) is 28.8 Å². The molecule has 1 nitrogen and oxygen atoms in total. The van der Waals surface area contributed by atoms with Crippen molar-refractivity contribution >= 4 is 17.4 Å². The van der Waals surface area contributed by atoms with Crippen LogP contribution in [0.25, 0.3) is 0 Å². The monoisotopic (exact) mass is 163 g/mol. The summed E-state index contributed by atoms with van der Waals surface area (Å²) >= 11 is 0. The summed E-state index contributed by atoms with van der Waals surface area (Å²) in [5.74, 6) is 0.422. The molecule has 1 rings (SSSR count). The van der Waals surface area contributed by atoms with Crippen LogP contribution in [0.2, 0.25) is 0 Å². The first-order chi connectivity index (χ1) is 4.61. The van der Waals surface area contributed by atoms with Gasteiger partial charge in [-0.1, -0.05) is 17.7 Å². The molecule has 0 unspecified atom stereocenters. The predicted molar refractivity (Wildman–Crippen MR) is 48.1 cm³/mol. The van der Waals surface area contributed by atoms with Crippen LogP contribution < -0.4 is 0 Å². The highest BCUT2D eigenvalue weighted by atomic mass is 27.0. The molecule has 0 heterocycles. The van der Waals surface area contributed by atoms with Gasteiger partial charge in [0.05, 0.1) is 0 Å². The van der Waals surface area contributed by atoms with Crippen molar-refractivity contribution in [3.63, 3.8) is 0 Å². The fourth-order valence-electron chi connectivity index (χ4n) is 1.17. The van der Waals surface area contributed by atoms with E-state index < -0.39 is 0 Å². The molecule has 1 N–H and O–H groups in total. The zero-order valence-electron chi connectivity index (χ0n) is 7.18. The maximum Gasteiger partial charge on any atom is 0.121 e. The van der Waals surface area contributed by atoms with E-state index in [1.54, 1.807) is 0 Å². The van der Waals surface area contributed by atoms with Crippen LogP contribution in [0.1, 0.15) is 16.7 Å². The van der Waals surface area contributed by atoms with Crippen molar-refractivity contribution in [3.8, 4) is 5.75 Å². The Morgan fingerprint density at radius 2 is 1.36 bits per heavy atom. The van der Waals surface area contributed by atoms with Crippen molar-refractivity contribution < 1.29 is 5.11 Å². The average molecular weight is 163 g/mol. The largest absolute Gasteiger partial charge is 0.507 e. The molecule has 0 saturated heterocycles. The average Bonchev–Trinajstić information content (AvgIpc) is 1.82. The minimum Gasteiger partial charge on any atom is -0.507 e. The van der Waals surface area contributed by atoms with Gasteiger partial charge in [0.1, 0.15) is 5.75 Å². The predicted octanol–water partition coefficient (Wildman–Crippen LogP) is 1.94. The molecule has 57 valence electrons. The van der Waals surface area contributed by atoms with Crippen molar-refractivity contribution in [2.75, 3.05) is 0 Å². The lowest BCUT2D eigenvalue weighted by atomic mass is 10.1. The van der Waals surface area contributed by atoms with E-state index in [1.165, 1.54) is 5.56 Å². The van der Waals surface area contributed by atoms with Crippen molar-refractivity contribution in [1.29, 1.82) is 0 Å². The molecule has 0 aliphatic heterocycles. The zero-order chi connectivity index (χ0) is 7.72. The summed E-state index contributed by atoms with van der Waals surface area (Å²) in [6.45, 7) is 5.85. The summed E-state index contributed by atoms with van der Waals surface area (Å²) in [6.07, 6.45) is 0. The number of benzene rings is 1. The molecule has 3 radical (unpaired) electrons. The third kappa shape index (κ3) is 2.25. The highest BCUT2D eigenvalue weighted by molar-refractivity contribution is 5.75. The molecule has 0 atom stereocenters. The second-order valence-electron chi connectivity index (χ2n) is 2.75. The van der Waals surface area contributed by atoms with Crippen LogP contribution in [-0.2, 0) is 0 Å². The van der Waals surface area contributed by atoms with Crippen LogP contribution >= 0.6 is 0 Å². The summed E-state index contributed by atoms with van der Waals surface area (Å²) < 4.78 is 0. The fourth-order valence-corrected chi connectivity index (χ4v) is 1.17. The van der Waals surface area contributed by atoms with Gasteiger partial charge in [0, 0.05) is 17.4 Å². The first-order valence-corrected chi connectivity index (χ1v) is 3.38. The third-order valence-corrected chi connectivity index (χ3v) is 1.64. The molecule has 0 aliphatic carbocycles. The maximum absolute atomic E-state index is 9.33. The maximum atomic E-state index is 9.33. The van der Waals surface area contributed by atoms with Crippen LogP contribution in [0.15, 0.2) is 12.1 Å². The normalized spacial score (nSPS) is 9.00. The van der Waals surface area contributed by atoms with E-state index >= 15 is 0 Å². The molecular weight excluding hydrogens is 151 g/mol. The molecule has 0 bridgehead atoms. The molecule has 1 aromatic carbocycles. The Hall–Kier alpha value is -0.448. The summed E-state index contributed by atoms with van der Waals surface area (Å²) in [5, 5.41) is 9.33. The standard InChI is InChI=1S/C9H12O.Al/c1-6-4-7(2)9(10)8(3)5-6;/h4-5,10H,1-3H3;. The third-order valence-electron chi connectivity index (χ3n) is 1.64. The van der Waals surface area contributed by atoms with E-state index in [-0.39, 0.29) is 17.4 Å². The van der Waals surface area contributed by atoms with E-state index in [2.05, 4.69) is 0 Å². The molecule has 2 heteroatoms. The Labute approximate surface area is 78.2 Å². The van der Waals surface area contributed by atoms with Gasteiger partial charge in [-0.3, -0.25) is 0 Å². The summed E-state index contributed by atoms with van der Waals surface area (Å²) in [4.78, 5) is 0. The zero-order valence-corrected chi connectivity index (χ0v) is 8.33. The minimum atomic E-state index is 0. The van der Waals surface area contributed by atoms with Gasteiger partial charge < -0.3 is 5.11 Å². The number of rotatable bonds is 0. The molecule has 11 heavy (non-hydrogen) atoms. The van der Waals surface area contributed by atoms with E-state index in [1.807, 2.05) is 32.9 Å². The van der Waals surface area contributed by atoms with Gasteiger partial charge in [0.2, 0.25) is 0 Å². The second kappa shape index (κ2) is 3.80. The Bertz CT molecular complexity index is 233. The van der Waals surface area contributed by atoms with Crippen LogP contribution in [0.3, 0.4) is 0 Å².